The molecule has 0 aliphatic carbocycles. The number of allylic oxidation sites excluding steroid dienone is 2. The van der Waals surface area contributed by atoms with Gasteiger partial charge in [0.2, 0.25) is 10.0 Å². The number of terminal acetylenes is 1. The minimum absolute atomic E-state index is 0.0214. The number of carbonyl (C=O) groups is 1. The van der Waals surface area contributed by atoms with Crippen molar-refractivity contribution >= 4 is 44.1 Å². The molecule has 0 bridgehead atoms. The SMILES string of the molecule is C#CCC(=C)C.C/C=C(\C)C(C(=O)N1CCOc2cc(-c3ccccc3)ccc21)N(Cc1ccccc1)c1ccc2onc(N)c2c1.CC.CC.CS(N)(=O)=O. The van der Waals surface area contributed by atoms with Gasteiger partial charge >= 0.3 is 0 Å². The first kappa shape index (κ1) is 46.3. The van der Waals surface area contributed by atoms with E-state index < -0.39 is 16.1 Å². The molecule has 1 unspecified atom stereocenters. The highest BCUT2D eigenvalue weighted by atomic mass is 32.2. The number of primary sulfonamides is 1. The number of fused-ring (bicyclic) bond motifs is 2. The number of anilines is 3. The van der Waals surface area contributed by atoms with E-state index in [4.69, 9.17) is 21.4 Å². The second-order valence-electron chi connectivity index (χ2n) is 12.4. The van der Waals surface area contributed by atoms with E-state index in [-0.39, 0.29) is 5.91 Å². The Morgan fingerprint density at radius 2 is 1.59 bits per heavy atom. The van der Waals surface area contributed by atoms with Gasteiger partial charge in [-0.15, -0.1) is 12.3 Å². The standard InChI is InChI=1S/C34H32N4O3.C6H8.2C2H6.CH5NO2S/c1-3-23(2)32(34(39)37-18-19-40-31-20-26(14-16-29(31)37)25-12-8-5-9-13-25)38(22-24-10-6-4-7-11-24)27-15-17-30-28(21-27)33(35)36-41-30;1-4-5-6(2)3;2*1-2;1-5(2,3)4/h3-17,20-21,32H,18-19,22H2,1-2H3,(H2,35,36);1H,2,5H2,3H3;2*1-2H3;1H3,(H2,2,3,4)/b23-3+;;;;. The fourth-order valence-corrected chi connectivity index (χ4v) is 5.55. The van der Waals surface area contributed by atoms with E-state index in [9.17, 15) is 13.2 Å². The number of hydrogen-bond donors (Lipinski definition) is 2. The second-order valence-corrected chi connectivity index (χ2v) is 14.0. The molecule has 1 atom stereocenters. The number of ether oxygens (including phenoxy) is 1. The third kappa shape index (κ3) is 13.8. The van der Waals surface area contributed by atoms with Crippen LogP contribution in [0.1, 0.15) is 60.5 Å². The molecule has 4 aromatic carbocycles. The molecular weight excluding hydrogens is 723 g/mol. The van der Waals surface area contributed by atoms with Crippen LogP contribution in [0, 0.1) is 12.3 Å². The zero-order valence-corrected chi connectivity index (χ0v) is 34.8. The monoisotopic (exact) mass is 779 g/mol. The maximum atomic E-state index is 14.6. The summed E-state index contributed by atoms with van der Waals surface area (Å²) in [5, 5.41) is 8.97. The molecule has 1 aromatic heterocycles. The Bertz CT molecular complexity index is 2170. The predicted molar refractivity (Wildman–Crippen MR) is 234 cm³/mol. The van der Waals surface area contributed by atoms with Crippen LogP contribution in [-0.4, -0.2) is 44.9 Å². The normalized spacial score (nSPS) is 12.1. The van der Waals surface area contributed by atoms with E-state index in [0.29, 0.717) is 43.3 Å². The highest BCUT2D eigenvalue weighted by molar-refractivity contribution is 7.88. The van der Waals surface area contributed by atoms with Crippen LogP contribution in [-0.2, 0) is 21.4 Å². The molecule has 4 N–H and O–H groups in total. The van der Waals surface area contributed by atoms with E-state index >= 15 is 0 Å². The average molecular weight is 780 g/mol. The van der Waals surface area contributed by atoms with E-state index in [0.717, 1.165) is 50.9 Å². The van der Waals surface area contributed by atoms with Crippen LogP contribution < -0.4 is 25.4 Å². The van der Waals surface area contributed by atoms with Crippen LogP contribution >= 0.6 is 0 Å². The Hall–Kier alpha value is -5.83. The second kappa shape index (κ2) is 23.2. The number of hydrogen-bond acceptors (Lipinski definition) is 8. The van der Waals surface area contributed by atoms with Crippen molar-refractivity contribution in [1.29, 1.82) is 0 Å². The summed E-state index contributed by atoms with van der Waals surface area (Å²) in [7, 11) is -3.17. The molecule has 0 radical (unpaired) electrons. The van der Waals surface area contributed by atoms with Crippen molar-refractivity contribution in [1.82, 2.24) is 5.16 Å². The number of nitrogens with two attached hydrogens (primary N) is 2. The van der Waals surface area contributed by atoms with Crippen LogP contribution in [0.25, 0.3) is 22.1 Å². The highest BCUT2D eigenvalue weighted by Crippen LogP contribution is 2.38. The van der Waals surface area contributed by atoms with Gasteiger partial charge in [0.25, 0.3) is 5.91 Å². The molecule has 2 heterocycles. The molecule has 0 fully saturated rings. The molecule has 5 aromatic rings. The van der Waals surface area contributed by atoms with Crippen LogP contribution in [0.4, 0.5) is 17.2 Å². The Morgan fingerprint density at radius 3 is 2.14 bits per heavy atom. The van der Waals surface area contributed by atoms with Gasteiger partial charge in [-0.25, -0.2) is 13.6 Å². The molecule has 6 rings (SSSR count). The molecule has 1 aliphatic rings. The molecule has 0 saturated heterocycles. The summed E-state index contributed by atoms with van der Waals surface area (Å²) in [5.41, 5.74) is 13.6. The lowest BCUT2D eigenvalue weighted by atomic mass is 10.0. The Labute approximate surface area is 333 Å². The predicted octanol–water partition coefficient (Wildman–Crippen LogP) is 9.39. The first-order valence-electron chi connectivity index (χ1n) is 18.6. The van der Waals surface area contributed by atoms with E-state index in [2.05, 4.69) is 52.0 Å². The van der Waals surface area contributed by atoms with Crippen molar-refractivity contribution in [3.05, 3.63) is 126 Å². The number of carbonyl (C=O) groups excluding carboxylic acids is 1. The molecule has 56 heavy (non-hydrogen) atoms. The third-order valence-corrected chi connectivity index (χ3v) is 8.04. The van der Waals surface area contributed by atoms with Crippen molar-refractivity contribution < 1.29 is 22.5 Å². The summed E-state index contributed by atoms with van der Waals surface area (Å²) < 4.78 is 30.3. The van der Waals surface area contributed by atoms with Crippen molar-refractivity contribution in [2.75, 3.05) is 34.9 Å². The lowest BCUT2D eigenvalue weighted by Gasteiger charge is -2.38. The number of nitrogens with zero attached hydrogens (tertiary/aromatic N) is 3. The highest BCUT2D eigenvalue weighted by Gasteiger charge is 2.35. The van der Waals surface area contributed by atoms with Gasteiger partial charge in [0.05, 0.1) is 23.9 Å². The fraction of sp³-hybridized carbons (Fsp3) is 0.289. The minimum Gasteiger partial charge on any atom is -0.490 e. The van der Waals surface area contributed by atoms with Gasteiger partial charge in [-0.1, -0.05) is 118 Å². The van der Waals surface area contributed by atoms with Crippen molar-refractivity contribution in [3.8, 4) is 29.2 Å². The number of sulfonamides is 1. The number of nitrogen functional groups attached to an aromatic ring is 1. The van der Waals surface area contributed by atoms with Gasteiger partial charge in [0.1, 0.15) is 18.4 Å². The first-order chi connectivity index (χ1) is 26.8. The summed E-state index contributed by atoms with van der Waals surface area (Å²) in [4.78, 5) is 18.6. The topological polar surface area (TPSA) is 145 Å². The quantitative estimate of drug-likeness (QED) is 0.117. The number of aromatic nitrogens is 1. The summed E-state index contributed by atoms with van der Waals surface area (Å²) in [6.45, 7) is 18.9. The minimum atomic E-state index is -3.17. The lowest BCUT2D eigenvalue weighted by Crippen LogP contribution is -2.51. The summed E-state index contributed by atoms with van der Waals surface area (Å²) in [6, 6.07) is 31.6. The van der Waals surface area contributed by atoms with Gasteiger partial charge in [-0.05, 0) is 73.4 Å². The molecule has 0 spiro atoms. The summed E-state index contributed by atoms with van der Waals surface area (Å²) in [5.74, 6) is 3.47. The van der Waals surface area contributed by atoms with Crippen LogP contribution in [0.3, 0.4) is 0 Å². The first-order valence-corrected chi connectivity index (χ1v) is 20.5. The van der Waals surface area contributed by atoms with Crippen LogP contribution in [0.5, 0.6) is 5.75 Å². The maximum Gasteiger partial charge on any atom is 0.254 e. The lowest BCUT2D eigenvalue weighted by molar-refractivity contribution is -0.119. The number of rotatable bonds is 8. The number of amides is 1. The Balaban J connectivity index is 0.000000624. The molecule has 0 saturated carbocycles. The molecule has 1 aliphatic heterocycles. The zero-order chi connectivity index (χ0) is 41.8. The molecular formula is C45H57N5O5S. The largest absolute Gasteiger partial charge is 0.490 e. The maximum absolute atomic E-state index is 14.6. The van der Waals surface area contributed by atoms with Crippen molar-refractivity contribution in [2.24, 2.45) is 5.14 Å². The molecule has 298 valence electrons. The summed E-state index contributed by atoms with van der Waals surface area (Å²) in [6.07, 6.45) is 8.57. The Kier molecular flexibility index (Phi) is 19.2. The van der Waals surface area contributed by atoms with Crippen LogP contribution in [0.15, 0.2) is 125 Å². The summed E-state index contributed by atoms with van der Waals surface area (Å²) >= 11 is 0. The Morgan fingerprint density at radius 1 is 0.982 bits per heavy atom. The van der Waals surface area contributed by atoms with Crippen molar-refractivity contribution in [2.45, 2.75) is 67.5 Å². The van der Waals surface area contributed by atoms with E-state index in [1.807, 2.05) is 132 Å². The smallest absolute Gasteiger partial charge is 0.254 e. The van der Waals surface area contributed by atoms with E-state index in [1.54, 1.807) is 0 Å². The number of benzene rings is 4. The van der Waals surface area contributed by atoms with Gasteiger partial charge in [0.15, 0.2) is 11.4 Å². The van der Waals surface area contributed by atoms with Gasteiger partial charge in [0, 0.05) is 18.7 Å². The molecule has 10 nitrogen and oxygen atoms in total. The van der Waals surface area contributed by atoms with Crippen LogP contribution in [0.2, 0.25) is 0 Å². The molecule has 11 heteroatoms. The van der Waals surface area contributed by atoms with Crippen molar-refractivity contribution in [3.63, 3.8) is 0 Å². The third-order valence-electron chi connectivity index (χ3n) is 8.04. The van der Waals surface area contributed by atoms with E-state index in [1.165, 1.54) is 0 Å². The zero-order valence-electron chi connectivity index (χ0n) is 34.0. The van der Waals surface area contributed by atoms with Gasteiger partial charge in [-0.2, -0.15) is 0 Å². The molecule has 1 amide bonds. The fourth-order valence-electron chi connectivity index (χ4n) is 5.55. The van der Waals surface area contributed by atoms with Gasteiger partial charge < -0.3 is 24.8 Å². The van der Waals surface area contributed by atoms with Gasteiger partial charge in [-0.3, -0.25) is 4.79 Å². The average Bonchev–Trinajstić information content (AvgIpc) is 3.58.